The molecule has 1 aromatic carbocycles. The van der Waals surface area contributed by atoms with Gasteiger partial charge in [-0.05, 0) is 56.5 Å². The Morgan fingerprint density at radius 2 is 1.97 bits per heavy atom. The number of nitrogens with two attached hydrogens (primary N) is 1. The maximum Gasteiger partial charge on any atom is 0.390 e. The van der Waals surface area contributed by atoms with Crippen molar-refractivity contribution in [1.29, 1.82) is 0 Å². The minimum absolute atomic E-state index is 0.0275. The van der Waals surface area contributed by atoms with Crippen LogP contribution in [0.1, 0.15) is 48.0 Å². The first-order valence-corrected chi connectivity index (χ1v) is 12.7. The van der Waals surface area contributed by atoms with Gasteiger partial charge in [0.2, 0.25) is 11.4 Å². The van der Waals surface area contributed by atoms with E-state index in [9.17, 15) is 22.8 Å². The van der Waals surface area contributed by atoms with E-state index in [1.807, 2.05) is 30.0 Å². The first-order chi connectivity index (χ1) is 18.6. The lowest BCUT2D eigenvalue weighted by molar-refractivity contribution is -0.138. The van der Waals surface area contributed by atoms with Crippen molar-refractivity contribution >= 4 is 34.4 Å². The number of alkyl halides is 3. The molecule has 210 valence electrons. The number of benzene rings is 1. The third-order valence-corrected chi connectivity index (χ3v) is 7.04. The van der Waals surface area contributed by atoms with Crippen molar-refractivity contribution < 1.29 is 22.7 Å². The summed E-state index contributed by atoms with van der Waals surface area (Å²) in [6.45, 7) is 3.52. The largest absolute Gasteiger partial charge is 0.495 e. The molecule has 0 unspecified atom stereocenters. The molecular formula is C26H32F3N7O3. The Balaban J connectivity index is 1.56. The van der Waals surface area contributed by atoms with Crippen LogP contribution < -0.4 is 26.5 Å². The highest BCUT2D eigenvalue weighted by Crippen LogP contribution is 2.35. The van der Waals surface area contributed by atoms with Crippen LogP contribution in [0.15, 0.2) is 29.2 Å². The van der Waals surface area contributed by atoms with E-state index in [0.717, 1.165) is 18.4 Å². The number of nitrogens with zero attached hydrogens (tertiary/aromatic N) is 4. The molecule has 3 aromatic rings. The minimum atomic E-state index is -4.14. The van der Waals surface area contributed by atoms with E-state index >= 15 is 0 Å². The van der Waals surface area contributed by atoms with Crippen LogP contribution in [-0.4, -0.2) is 65.3 Å². The molecule has 39 heavy (non-hydrogen) atoms. The maximum absolute atomic E-state index is 12.9. The van der Waals surface area contributed by atoms with Crippen LogP contribution in [-0.2, 0) is 6.54 Å². The number of piperidine rings is 1. The molecular weight excluding hydrogens is 515 g/mol. The number of nitrogens with one attached hydrogen (secondary N) is 2. The summed E-state index contributed by atoms with van der Waals surface area (Å²) < 4.78 is 44.9. The van der Waals surface area contributed by atoms with Crippen molar-refractivity contribution in [3.63, 3.8) is 0 Å². The predicted molar refractivity (Wildman–Crippen MR) is 143 cm³/mol. The van der Waals surface area contributed by atoms with E-state index < -0.39 is 23.9 Å². The van der Waals surface area contributed by atoms with E-state index in [1.54, 1.807) is 18.7 Å². The molecule has 1 aliphatic rings. The van der Waals surface area contributed by atoms with Gasteiger partial charge in [-0.1, -0.05) is 6.07 Å². The van der Waals surface area contributed by atoms with Crippen LogP contribution in [0.2, 0.25) is 0 Å². The third kappa shape index (κ3) is 6.08. The van der Waals surface area contributed by atoms with Crippen LogP contribution in [0.3, 0.4) is 0 Å². The number of hydrogen-bond acceptors (Lipinski definition) is 8. The molecule has 13 heteroatoms. The van der Waals surface area contributed by atoms with Crippen LogP contribution in [0.5, 0.6) is 5.75 Å². The zero-order valence-electron chi connectivity index (χ0n) is 22.1. The molecule has 0 atom stereocenters. The highest BCUT2D eigenvalue weighted by molar-refractivity contribution is 6.01. The molecule has 4 N–H and O–H groups in total. The number of ether oxygens (including phenoxy) is 1. The standard InChI is InChI=1S/C26H32F3N7O3/c1-4-36-23-17(21(37)20(22(30)38)24(36)31-2)14-32-25(34-23)33-18-6-5-16(13-19(18)39-3)15-7-10-35(11-8-15)12-9-26(27,28)29/h5-6,13-15,31H,4,7-12H2,1-3H3,(H2,30,38)(H,32,33,34). The van der Waals surface area contributed by atoms with Crippen molar-refractivity contribution in [3.05, 3.63) is 45.7 Å². The number of carbonyl (C=O) groups excluding carboxylic acids is 1. The Hall–Kier alpha value is -3.87. The number of rotatable bonds is 9. The Bertz CT molecular complexity index is 1420. The van der Waals surface area contributed by atoms with Gasteiger partial charge in [0.1, 0.15) is 17.1 Å². The lowest BCUT2D eigenvalue weighted by atomic mass is 9.89. The summed E-state index contributed by atoms with van der Waals surface area (Å²) in [6, 6.07) is 5.72. The van der Waals surface area contributed by atoms with Crippen LogP contribution in [0.25, 0.3) is 11.0 Å². The number of aromatic nitrogens is 3. The van der Waals surface area contributed by atoms with E-state index in [1.165, 1.54) is 6.20 Å². The molecule has 0 saturated carbocycles. The molecule has 10 nitrogen and oxygen atoms in total. The summed E-state index contributed by atoms with van der Waals surface area (Å²) in [4.78, 5) is 35.6. The molecule has 0 aliphatic carbocycles. The molecule has 0 radical (unpaired) electrons. The quantitative estimate of drug-likeness (QED) is 0.369. The van der Waals surface area contributed by atoms with Gasteiger partial charge >= 0.3 is 6.18 Å². The first kappa shape index (κ1) is 28.1. The number of fused-ring (bicyclic) bond motifs is 1. The summed E-state index contributed by atoms with van der Waals surface area (Å²) in [6.07, 6.45) is -2.05. The number of hydrogen-bond donors (Lipinski definition) is 3. The zero-order valence-corrected chi connectivity index (χ0v) is 22.1. The summed E-state index contributed by atoms with van der Waals surface area (Å²) in [5.74, 6) is 0.432. The van der Waals surface area contributed by atoms with Crippen LogP contribution in [0.4, 0.5) is 30.6 Å². The number of pyridine rings is 1. The Labute approximate surface area is 223 Å². The number of aryl methyl sites for hydroxylation is 1. The van der Waals surface area contributed by atoms with E-state index in [-0.39, 0.29) is 35.2 Å². The average Bonchev–Trinajstić information content (AvgIpc) is 2.91. The Morgan fingerprint density at radius 1 is 1.26 bits per heavy atom. The van der Waals surface area contributed by atoms with Gasteiger partial charge in [0, 0.05) is 26.3 Å². The zero-order chi connectivity index (χ0) is 28.3. The van der Waals surface area contributed by atoms with Gasteiger partial charge in [-0.15, -0.1) is 0 Å². The van der Waals surface area contributed by atoms with Crippen LogP contribution in [0, 0.1) is 0 Å². The molecule has 2 aromatic heterocycles. The second-order valence-electron chi connectivity index (χ2n) is 9.41. The lowest BCUT2D eigenvalue weighted by Crippen LogP contribution is -2.35. The second-order valence-corrected chi connectivity index (χ2v) is 9.41. The van der Waals surface area contributed by atoms with E-state index in [0.29, 0.717) is 36.7 Å². The number of carbonyl (C=O) groups is 1. The number of halogens is 3. The van der Waals surface area contributed by atoms with E-state index in [4.69, 9.17) is 10.5 Å². The fraction of sp³-hybridized carbons (Fsp3) is 0.462. The van der Waals surface area contributed by atoms with Gasteiger partial charge in [0.15, 0.2) is 5.65 Å². The van der Waals surface area contributed by atoms with Crippen LogP contribution >= 0.6 is 0 Å². The van der Waals surface area contributed by atoms with Crippen molar-refractivity contribution in [3.8, 4) is 5.75 Å². The number of primary amides is 1. The van der Waals surface area contributed by atoms with Gasteiger partial charge in [-0.25, -0.2) is 4.98 Å². The maximum atomic E-state index is 12.9. The van der Waals surface area contributed by atoms with Gasteiger partial charge in [-0.2, -0.15) is 18.2 Å². The first-order valence-electron chi connectivity index (χ1n) is 12.7. The van der Waals surface area contributed by atoms with Gasteiger partial charge in [-0.3, -0.25) is 9.59 Å². The summed E-state index contributed by atoms with van der Waals surface area (Å²) >= 11 is 0. The summed E-state index contributed by atoms with van der Waals surface area (Å²) in [7, 11) is 3.14. The van der Waals surface area contributed by atoms with Gasteiger partial charge in [0.25, 0.3) is 5.91 Å². The Kier molecular flexibility index (Phi) is 8.28. The van der Waals surface area contributed by atoms with Gasteiger partial charge < -0.3 is 30.6 Å². The SMILES string of the molecule is CCn1c(NC)c(C(N)=O)c(=O)c2cnc(Nc3ccc(C4CCN(CCC(F)(F)F)CC4)cc3OC)nc21. The smallest absolute Gasteiger partial charge is 0.390 e. The molecule has 0 spiro atoms. The fourth-order valence-corrected chi connectivity index (χ4v) is 5.04. The number of likely N-dealkylation sites (tertiary alicyclic amines) is 1. The minimum Gasteiger partial charge on any atom is -0.495 e. The monoisotopic (exact) mass is 547 g/mol. The lowest BCUT2D eigenvalue weighted by Gasteiger charge is -2.32. The molecule has 4 rings (SSSR count). The molecule has 1 fully saturated rings. The number of amides is 1. The Morgan fingerprint density at radius 3 is 2.56 bits per heavy atom. The number of methoxy groups -OCH3 is 1. The second kappa shape index (κ2) is 11.5. The molecule has 0 bridgehead atoms. The summed E-state index contributed by atoms with van der Waals surface area (Å²) in [5, 5.41) is 6.18. The molecule has 3 heterocycles. The van der Waals surface area contributed by atoms with Crippen molar-refractivity contribution in [2.45, 2.75) is 44.8 Å². The topological polar surface area (TPSA) is 127 Å². The van der Waals surface area contributed by atoms with Crippen molar-refractivity contribution in [2.75, 3.05) is 44.4 Å². The highest BCUT2D eigenvalue weighted by atomic mass is 19.4. The summed E-state index contributed by atoms with van der Waals surface area (Å²) in [5.41, 5.74) is 6.75. The van der Waals surface area contributed by atoms with Crippen molar-refractivity contribution in [1.82, 2.24) is 19.4 Å². The normalized spacial score (nSPS) is 14.9. The van der Waals surface area contributed by atoms with Crippen molar-refractivity contribution in [2.24, 2.45) is 5.73 Å². The average molecular weight is 548 g/mol. The molecule has 1 aliphatic heterocycles. The predicted octanol–water partition coefficient (Wildman–Crippen LogP) is 3.84. The highest BCUT2D eigenvalue weighted by Gasteiger charge is 2.29. The third-order valence-electron chi connectivity index (χ3n) is 7.04. The number of anilines is 3. The molecule has 1 saturated heterocycles. The molecule has 1 amide bonds. The van der Waals surface area contributed by atoms with E-state index in [2.05, 4.69) is 20.6 Å². The van der Waals surface area contributed by atoms with Gasteiger partial charge in [0.05, 0.1) is 24.6 Å². The fourth-order valence-electron chi connectivity index (χ4n) is 5.04.